The van der Waals surface area contributed by atoms with E-state index in [1.165, 1.54) is 5.56 Å². The van der Waals surface area contributed by atoms with Gasteiger partial charge in [0, 0.05) is 35.2 Å². The Morgan fingerprint density at radius 2 is 1.83 bits per heavy atom. The van der Waals surface area contributed by atoms with Crippen molar-refractivity contribution in [1.29, 1.82) is 0 Å². The predicted octanol–water partition coefficient (Wildman–Crippen LogP) is 5.46. The molecule has 0 saturated carbocycles. The quantitative estimate of drug-likeness (QED) is 0.368. The molecule has 2 aromatic carbocycles. The molecule has 1 atom stereocenters. The highest BCUT2D eigenvalue weighted by Crippen LogP contribution is 2.22. The molecule has 2 rings (SSSR count). The van der Waals surface area contributed by atoms with E-state index in [2.05, 4.69) is 43.4 Å². The lowest BCUT2D eigenvalue weighted by molar-refractivity contribution is -0.140. The molecule has 0 spiro atoms. The molecular formula is C24H31ClN2O2S. The van der Waals surface area contributed by atoms with Crippen molar-refractivity contribution in [2.24, 2.45) is 0 Å². The van der Waals surface area contributed by atoms with Gasteiger partial charge in [0.15, 0.2) is 0 Å². The van der Waals surface area contributed by atoms with Crippen molar-refractivity contribution in [2.75, 3.05) is 12.3 Å². The summed E-state index contributed by atoms with van der Waals surface area (Å²) in [6, 6.07) is 15.2. The summed E-state index contributed by atoms with van der Waals surface area (Å²) in [6.07, 6.45) is 2.28. The second-order valence-electron chi connectivity index (χ2n) is 7.35. The van der Waals surface area contributed by atoms with Gasteiger partial charge in [0.2, 0.25) is 11.8 Å². The van der Waals surface area contributed by atoms with Gasteiger partial charge in [0.05, 0.1) is 0 Å². The predicted molar refractivity (Wildman–Crippen MR) is 126 cm³/mol. The van der Waals surface area contributed by atoms with Crippen LogP contribution in [0.4, 0.5) is 0 Å². The number of unbranched alkanes of at least 4 members (excludes halogenated alkanes) is 1. The number of rotatable bonds is 11. The Morgan fingerprint density at radius 1 is 1.13 bits per heavy atom. The van der Waals surface area contributed by atoms with E-state index >= 15 is 0 Å². The summed E-state index contributed by atoms with van der Waals surface area (Å²) in [5.74, 6) is 0.480. The molecule has 2 amide bonds. The summed E-state index contributed by atoms with van der Waals surface area (Å²) >= 11 is 7.96. The maximum absolute atomic E-state index is 13.1. The molecule has 30 heavy (non-hydrogen) atoms. The van der Waals surface area contributed by atoms with Crippen molar-refractivity contribution in [3.63, 3.8) is 0 Å². The zero-order chi connectivity index (χ0) is 21.9. The van der Waals surface area contributed by atoms with E-state index in [0.29, 0.717) is 30.3 Å². The van der Waals surface area contributed by atoms with Crippen molar-refractivity contribution in [1.82, 2.24) is 10.2 Å². The fourth-order valence-electron chi connectivity index (χ4n) is 2.96. The fourth-order valence-corrected chi connectivity index (χ4v) is 4.00. The van der Waals surface area contributed by atoms with E-state index < -0.39 is 6.04 Å². The van der Waals surface area contributed by atoms with Gasteiger partial charge in [-0.25, -0.2) is 0 Å². The third-order valence-electron chi connectivity index (χ3n) is 4.90. The first-order valence-corrected chi connectivity index (χ1v) is 11.8. The van der Waals surface area contributed by atoms with E-state index in [1.54, 1.807) is 29.7 Å². The summed E-state index contributed by atoms with van der Waals surface area (Å²) in [4.78, 5) is 28.5. The van der Waals surface area contributed by atoms with Crippen LogP contribution in [0.15, 0.2) is 53.4 Å². The molecule has 0 bridgehead atoms. The molecule has 0 radical (unpaired) electrons. The van der Waals surface area contributed by atoms with E-state index in [-0.39, 0.29) is 11.8 Å². The molecule has 0 aliphatic rings. The van der Waals surface area contributed by atoms with Gasteiger partial charge in [-0.05, 0) is 44.0 Å². The van der Waals surface area contributed by atoms with Crippen LogP contribution in [0, 0.1) is 6.92 Å². The third-order valence-corrected chi connectivity index (χ3v) is 6.28. The zero-order valence-corrected chi connectivity index (χ0v) is 19.6. The van der Waals surface area contributed by atoms with Gasteiger partial charge in [0.25, 0.3) is 0 Å². The summed E-state index contributed by atoms with van der Waals surface area (Å²) < 4.78 is 0. The maximum atomic E-state index is 13.1. The van der Waals surface area contributed by atoms with Crippen LogP contribution in [0.1, 0.15) is 44.2 Å². The molecule has 0 aromatic heterocycles. The minimum absolute atomic E-state index is 0.0485. The maximum Gasteiger partial charge on any atom is 0.242 e. The first kappa shape index (κ1) is 24.3. The van der Waals surface area contributed by atoms with Gasteiger partial charge in [0.1, 0.15) is 6.04 Å². The van der Waals surface area contributed by atoms with Crippen LogP contribution in [0.25, 0.3) is 0 Å². The van der Waals surface area contributed by atoms with E-state index in [1.807, 2.05) is 18.2 Å². The Balaban J connectivity index is 2.04. The van der Waals surface area contributed by atoms with Gasteiger partial charge in [-0.15, -0.1) is 11.8 Å². The first-order chi connectivity index (χ1) is 14.4. The Morgan fingerprint density at radius 3 is 2.50 bits per heavy atom. The number of aryl methyl sites for hydroxylation is 1. The molecule has 4 nitrogen and oxygen atoms in total. The molecule has 0 unspecified atom stereocenters. The SMILES string of the molecule is CCCCNC(=O)[C@H](C)N(Cc1ccccc1Cl)C(=O)CCSc1ccc(C)cc1. The number of carbonyl (C=O) groups is 2. The van der Waals surface area contributed by atoms with Crippen molar-refractivity contribution in [3.8, 4) is 0 Å². The van der Waals surface area contributed by atoms with E-state index in [0.717, 1.165) is 23.3 Å². The molecule has 6 heteroatoms. The van der Waals surface area contributed by atoms with Crippen LogP contribution in [0.3, 0.4) is 0 Å². The van der Waals surface area contributed by atoms with E-state index in [4.69, 9.17) is 11.6 Å². The summed E-state index contributed by atoms with van der Waals surface area (Å²) in [7, 11) is 0. The number of nitrogens with one attached hydrogen (secondary N) is 1. The minimum atomic E-state index is -0.560. The standard InChI is InChI=1S/C24H31ClN2O2S/c1-4-5-15-26-24(29)19(3)27(17-20-8-6-7-9-22(20)25)23(28)14-16-30-21-12-10-18(2)11-13-21/h6-13,19H,4-5,14-17H2,1-3H3,(H,26,29)/t19-/m0/s1. The molecule has 0 heterocycles. The van der Waals surface area contributed by atoms with Crippen molar-refractivity contribution in [2.45, 2.75) is 57.5 Å². The summed E-state index contributed by atoms with van der Waals surface area (Å²) in [5.41, 5.74) is 2.05. The van der Waals surface area contributed by atoms with Crippen molar-refractivity contribution in [3.05, 3.63) is 64.7 Å². The topological polar surface area (TPSA) is 49.4 Å². The lowest BCUT2D eigenvalue weighted by Crippen LogP contribution is -2.47. The first-order valence-electron chi connectivity index (χ1n) is 10.4. The van der Waals surface area contributed by atoms with Crippen molar-refractivity contribution < 1.29 is 9.59 Å². The number of benzene rings is 2. The molecule has 0 fully saturated rings. The van der Waals surface area contributed by atoms with Gasteiger partial charge in [-0.1, -0.05) is 60.8 Å². The average molecular weight is 447 g/mol. The highest BCUT2D eigenvalue weighted by Gasteiger charge is 2.26. The second-order valence-corrected chi connectivity index (χ2v) is 8.92. The molecule has 2 aromatic rings. The molecule has 1 N–H and O–H groups in total. The highest BCUT2D eigenvalue weighted by molar-refractivity contribution is 7.99. The highest BCUT2D eigenvalue weighted by atomic mass is 35.5. The number of amides is 2. The fraction of sp³-hybridized carbons (Fsp3) is 0.417. The zero-order valence-electron chi connectivity index (χ0n) is 18.0. The van der Waals surface area contributed by atoms with Crippen LogP contribution >= 0.6 is 23.4 Å². The number of hydrogen-bond acceptors (Lipinski definition) is 3. The van der Waals surface area contributed by atoms with Crippen LogP contribution in [-0.2, 0) is 16.1 Å². The number of thioether (sulfide) groups is 1. The number of hydrogen-bond donors (Lipinski definition) is 1. The van der Waals surface area contributed by atoms with Gasteiger partial charge >= 0.3 is 0 Å². The molecule has 0 saturated heterocycles. The summed E-state index contributed by atoms with van der Waals surface area (Å²) in [5, 5.41) is 3.54. The van der Waals surface area contributed by atoms with Crippen LogP contribution in [-0.4, -0.2) is 35.1 Å². The monoisotopic (exact) mass is 446 g/mol. The second kappa shape index (κ2) is 12.7. The van der Waals surface area contributed by atoms with Crippen molar-refractivity contribution >= 4 is 35.2 Å². The summed E-state index contributed by atoms with van der Waals surface area (Å²) in [6.45, 7) is 6.85. The normalized spacial score (nSPS) is 11.7. The Bertz CT molecular complexity index is 826. The van der Waals surface area contributed by atoms with E-state index in [9.17, 15) is 9.59 Å². The Kier molecular flexibility index (Phi) is 10.2. The van der Waals surface area contributed by atoms with Gasteiger partial charge < -0.3 is 10.2 Å². The number of nitrogens with zero attached hydrogens (tertiary/aromatic N) is 1. The molecular weight excluding hydrogens is 416 g/mol. The molecule has 162 valence electrons. The van der Waals surface area contributed by atoms with Gasteiger partial charge in [-0.2, -0.15) is 0 Å². The van der Waals surface area contributed by atoms with Crippen LogP contribution < -0.4 is 5.32 Å². The number of halogens is 1. The lowest BCUT2D eigenvalue weighted by atomic mass is 10.1. The lowest BCUT2D eigenvalue weighted by Gasteiger charge is -2.29. The number of carbonyl (C=O) groups excluding carboxylic acids is 2. The Hall–Kier alpha value is -1.98. The van der Waals surface area contributed by atoms with Crippen LogP contribution in [0.5, 0.6) is 0 Å². The largest absolute Gasteiger partial charge is 0.354 e. The average Bonchev–Trinajstić information content (AvgIpc) is 2.74. The van der Waals surface area contributed by atoms with Gasteiger partial charge in [-0.3, -0.25) is 9.59 Å². The third kappa shape index (κ3) is 7.69. The Labute approximate surface area is 189 Å². The smallest absolute Gasteiger partial charge is 0.242 e. The minimum Gasteiger partial charge on any atom is -0.354 e. The molecule has 0 aliphatic heterocycles. The molecule has 0 aliphatic carbocycles. The van der Waals surface area contributed by atoms with Crippen LogP contribution in [0.2, 0.25) is 5.02 Å².